The van der Waals surface area contributed by atoms with E-state index in [1.165, 1.54) is 22.2 Å². The number of aromatic nitrogens is 2. The summed E-state index contributed by atoms with van der Waals surface area (Å²) >= 11 is 1.25. The first-order valence-electron chi connectivity index (χ1n) is 9.29. The fourth-order valence-corrected chi connectivity index (χ4v) is 4.13. The molecule has 2 N–H and O–H groups in total. The summed E-state index contributed by atoms with van der Waals surface area (Å²) in [7, 11) is 0. The Kier molecular flexibility index (Phi) is 5.14. The molecule has 6 nitrogen and oxygen atoms in total. The van der Waals surface area contributed by atoms with Crippen LogP contribution in [0, 0.1) is 6.92 Å². The molecule has 0 unspecified atom stereocenters. The second-order valence-electron chi connectivity index (χ2n) is 6.63. The van der Waals surface area contributed by atoms with Gasteiger partial charge in [-0.25, -0.2) is 4.98 Å². The lowest BCUT2D eigenvalue weighted by Crippen LogP contribution is -2.19. The zero-order chi connectivity index (χ0) is 20.4. The minimum atomic E-state index is -0.306. The Morgan fingerprint density at radius 2 is 1.79 bits per heavy atom. The third-order valence-corrected chi connectivity index (χ3v) is 5.66. The fraction of sp³-hybridized carbons (Fsp3) is 0.136. The monoisotopic (exact) mass is 404 g/mol. The van der Waals surface area contributed by atoms with Gasteiger partial charge in [0.15, 0.2) is 0 Å². The minimum Gasteiger partial charge on any atom is -0.346 e. The number of anilines is 3. The summed E-state index contributed by atoms with van der Waals surface area (Å²) in [6, 6.07) is 17.1. The van der Waals surface area contributed by atoms with Crippen LogP contribution < -0.4 is 16.2 Å². The van der Waals surface area contributed by atoms with E-state index in [1.54, 1.807) is 0 Å². The van der Waals surface area contributed by atoms with Gasteiger partial charge in [0.25, 0.3) is 11.5 Å². The molecule has 2 heterocycles. The molecule has 0 saturated carbocycles. The Morgan fingerprint density at radius 3 is 2.48 bits per heavy atom. The smallest absolute Gasteiger partial charge is 0.271 e. The maximum Gasteiger partial charge on any atom is 0.271 e. The first kappa shape index (κ1) is 18.9. The molecule has 7 heteroatoms. The molecule has 4 rings (SSSR count). The number of carbonyl (C=O) groups excluding carboxylic acids is 1. The number of amides is 1. The predicted octanol–water partition coefficient (Wildman–Crippen LogP) is 4.78. The van der Waals surface area contributed by atoms with Gasteiger partial charge in [-0.1, -0.05) is 35.9 Å². The number of aryl methyl sites for hydroxylation is 2. The molecule has 2 aromatic heterocycles. The van der Waals surface area contributed by atoms with E-state index in [0.29, 0.717) is 33.0 Å². The van der Waals surface area contributed by atoms with Crippen molar-refractivity contribution in [2.24, 2.45) is 0 Å². The number of carbonyl (C=O) groups is 1. The SMILES string of the molecule is CCn1cnc2c(C(=O)Nc3ccc(C)cc3)c(Nc3ccccc3)sc2c1=O. The van der Waals surface area contributed by atoms with Gasteiger partial charge in [0.05, 0.1) is 6.33 Å². The highest BCUT2D eigenvalue weighted by molar-refractivity contribution is 7.23. The molecule has 0 spiro atoms. The average Bonchev–Trinajstić information content (AvgIpc) is 3.10. The predicted molar refractivity (Wildman–Crippen MR) is 118 cm³/mol. The molecule has 1 amide bonds. The highest BCUT2D eigenvalue weighted by Crippen LogP contribution is 2.35. The van der Waals surface area contributed by atoms with Crippen LogP contribution in [0.3, 0.4) is 0 Å². The lowest BCUT2D eigenvalue weighted by molar-refractivity contribution is 0.102. The summed E-state index contributed by atoms with van der Waals surface area (Å²) in [6.07, 6.45) is 1.49. The summed E-state index contributed by atoms with van der Waals surface area (Å²) < 4.78 is 1.99. The van der Waals surface area contributed by atoms with Crippen molar-refractivity contribution in [3.8, 4) is 0 Å². The quantitative estimate of drug-likeness (QED) is 0.502. The summed E-state index contributed by atoms with van der Waals surface area (Å²) in [5.74, 6) is -0.306. The molecule has 4 aromatic rings. The van der Waals surface area contributed by atoms with Crippen molar-refractivity contribution in [2.75, 3.05) is 10.6 Å². The van der Waals surface area contributed by atoms with E-state index in [2.05, 4.69) is 15.6 Å². The van der Waals surface area contributed by atoms with Gasteiger partial charge < -0.3 is 10.6 Å². The van der Waals surface area contributed by atoms with Crippen LogP contribution in [0.25, 0.3) is 10.2 Å². The number of rotatable bonds is 5. The molecule has 2 aromatic carbocycles. The third kappa shape index (κ3) is 3.77. The second kappa shape index (κ2) is 7.89. The van der Waals surface area contributed by atoms with Crippen LogP contribution in [-0.2, 0) is 6.54 Å². The summed E-state index contributed by atoms with van der Waals surface area (Å²) in [6.45, 7) is 4.39. The van der Waals surface area contributed by atoms with Crippen molar-refractivity contribution >= 4 is 43.8 Å². The van der Waals surface area contributed by atoms with Crippen LogP contribution in [0.1, 0.15) is 22.8 Å². The normalized spacial score (nSPS) is 10.8. The van der Waals surface area contributed by atoms with Crippen molar-refractivity contribution in [2.45, 2.75) is 20.4 Å². The summed E-state index contributed by atoms with van der Waals surface area (Å²) in [4.78, 5) is 30.4. The van der Waals surface area contributed by atoms with Crippen LogP contribution in [0.4, 0.5) is 16.4 Å². The second-order valence-corrected chi connectivity index (χ2v) is 7.65. The van der Waals surface area contributed by atoms with E-state index in [1.807, 2.05) is 68.4 Å². The number of hydrogen-bond donors (Lipinski definition) is 2. The van der Waals surface area contributed by atoms with Gasteiger partial charge in [0, 0.05) is 17.9 Å². The molecule has 0 aliphatic rings. The van der Waals surface area contributed by atoms with E-state index in [9.17, 15) is 9.59 Å². The van der Waals surface area contributed by atoms with Crippen molar-refractivity contribution in [1.29, 1.82) is 0 Å². The average molecular weight is 404 g/mol. The number of thiophene rings is 1. The van der Waals surface area contributed by atoms with E-state index in [0.717, 1.165) is 11.3 Å². The van der Waals surface area contributed by atoms with Crippen LogP contribution in [0.15, 0.2) is 65.7 Å². The summed E-state index contributed by atoms with van der Waals surface area (Å²) in [5.41, 5.74) is 3.26. The zero-order valence-corrected chi connectivity index (χ0v) is 16.9. The lowest BCUT2D eigenvalue weighted by atomic mass is 10.2. The topological polar surface area (TPSA) is 76.0 Å². The highest BCUT2D eigenvalue weighted by Gasteiger charge is 2.23. The first-order chi connectivity index (χ1) is 14.1. The molecule has 0 atom stereocenters. The fourth-order valence-electron chi connectivity index (χ4n) is 3.01. The van der Waals surface area contributed by atoms with Gasteiger partial charge in [-0.3, -0.25) is 14.2 Å². The lowest BCUT2D eigenvalue weighted by Gasteiger charge is -2.09. The Bertz CT molecular complexity index is 1230. The number of hydrogen-bond acceptors (Lipinski definition) is 5. The zero-order valence-electron chi connectivity index (χ0n) is 16.1. The van der Waals surface area contributed by atoms with Crippen molar-refractivity contribution in [3.63, 3.8) is 0 Å². The molecule has 0 aliphatic heterocycles. The molecule has 0 fully saturated rings. The van der Waals surface area contributed by atoms with Crippen molar-refractivity contribution in [3.05, 3.63) is 82.4 Å². The Balaban J connectivity index is 1.81. The molecular weight excluding hydrogens is 384 g/mol. The van der Waals surface area contributed by atoms with Crippen LogP contribution in [0.2, 0.25) is 0 Å². The molecule has 0 saturated heterocycles. The maximum absolute atomic E-state index is 13.2. The van der Waals surface area contributed by atoms with E-state index < -0.39 is 0 Å². The van der Waals surface area contributed by atoms with Gasteiger partial charge >= 0.3 is 0 Å². The summed E-state index contributed by atoms with van der Waals surface area (Å²) in [5, 5.41) is 6.78. The Labute approximate surface area is 171 Å². The largest absolute Gasteiger partial charge is 0.346 e. The van der Waals surface area contributed by atoms with Gasteiger partial charge in [0.1, 0.15) is 20.8 Å². The molecule has 29 heavy (non-hydrogen) atoms. The number of fused-ring (bicyclic) bond motifs is 1. The number of benzene rings is 2. The molecule has 0 bridgehead atoms. The van der Waals surface area contributed by atoms with Gasteiger partial charge in [-0.2, -0.15) is 0 Å². The van der Waals surface area contributed by atoms with E-state index in [-0.39, 0.29) is 11.5 Å². The highest BCUT2D eigenvalue weighted by atomic mass is 32.1. The van der Waals surface area contributed by atoms with Gasteiger partial charge in [0.2, 0.25) is 0 Å². The Morgan fingerprint density at radius 1 is 1.07 bits per heavy atom. The van der Waals surface area contributed by atoms with Gasteiger partial charge in [-0.15, -0.1) is 11.3 Å². The standard InChI is InChI=1S/C22H20N4O2S/c1-3-26-13-23-18-17(20(27)24-16-11-9-14(2)10-12-16)21(29-19(18)22(26)28)25-15-7-5-4-6-8-15/h4-13,25H,3H2,1-2H3,(H,24,27). The number of nitrogens with one attached hydrogen (secondary N) is 2. The van der Waals surface area contributed by atoms with E-state index >= 15 is 0 Å². The molecule has 146 valence electrons. The minimum absolute atomic E-state index is 0.145. The first-order valence-corrected chi connectivity index (χ1v) is 10.1. The van der Waals surface area contributed by atoms with Crippen molar-refractivity contribution < 1.29 is 4.79 Å². The van der Waals surface area contributed by atoms with E-state index in [4.69, 9.17) is 0 Å². The molecular formula is C22H20N4O2S. The number of para-hydroxylation sites is 1. The third-order valence-electron chi connectivity index (χ3n) is 4.57. The molecule has 0 radical (unpaired) electrons. The van der Waals surface area contributed by atoms with Gasteiger partial charge in [-0.05, 0) is 38.1 Å². The maximum atomic E-state index is 13.2. The van der Waals surface area contributed by atoms with Crippen LogP contribution in [0.5, 0.6) is 0 Å². The Hall–Kier alpha value is -3.45. The van der Waals surface area contributed by atoms with Crippen LogP contribution in [-0.4, -0.2) is 15.5 Å². The van der Waals surface area contributed by atoms with Crippen molar-refractivity contribution in [1.82, 2.24) is 9.55 Å². The molecule has 0 aliphatic carbocycles. The number of nitrogens with zero attached hydrogens (tertiary/aromatic N) is 2. The van der Waals surface area contributed by atoms with Crippen LogP contribution >= 0.6 is 11.3 Å².